The van der Waals surface area contributed by atoms with Crippen LogP contribution in [0, 0.1) is 0 Å². The molecule has 1 unspecified atom stereocenters. The Hall–Kier alpha value is -0.880. The van der Waals surface area contributed by atoms with Gasteiger partial charge in [0.05, 0.1) is 5.56 Å². The van der Waals surface area contributed by atoms with E-state index in [4.69, 9.17) is 11.6 Å². The second kappa shape index (κ2) is 4.66. The topological polar surface area (TPSA) is 29.1 Å². The second-order valence-electron chi connectivity index (χ2n) is 3.77. The Labute approximate surface area is 111 Å². The molecule has 7 heteroatoms. The molecule has 1 N–H and O–H groups in total. The number of thioether (sulfide) groups is 1. The molecule has 0 saturated carbocycles. The maximum absolute atomic E-state index is 12.4. The second-order valence-corrected chi connectivity index (χ2v) is 5.88. The number of benzene rings is 1. The smallest absolute Gasteiger partial charge is 0.353 e. The molecule has 1 saturated heterocycles. The van der Waals surface area contributed by atoms with Gasteiger partial charge in [0.15, 0.2) is 4.21 Å². The van der Waals surface area contributed by atoms with Gasteiger partial charge in [0.25, 0.3) is 5.91 Å². The first-order valence-corrected chi connectivity index (χ1v) is 6.49. The molecule has 1 atom stereocenters. The lowest BCUT2D eigenvalue weighted by Crippen LogP contribution is -2.44. The Morgan fingerprint density at radius 3 is 2.39 bits per heavy atom. The van der Waals surface area contributed by atoms with Gasteiger partial charge in [-0.05, 0) is 17.7 Å². The Bertz CT molecular complexity index is 462. The van der Waals surface area contributed by atoms with Gasteiger partial charge in [-0.3, -0.25) is 4.79 Å². The summed E-state index contributed by atoms with van der Waals surface area (Å²) in [5, 5.41) is 2.60. The van der Waals surface area contributed by atoms with E-state index in [2.05, 4.69) is 5.32 Å². The summed E-state index contributed by atoms with van der Waals surface area (Å²) in [4.78, 5) is 11.7. The molecular formula is C11H9ClF3NOS. The van der Waals surface area contributed by atoms with Gasteiger partial charge in [-0.2, -0.15) is 13.2 Å². The fraction of sp³-hybridized carbons (Fsp3) is 0.364. The van der Waals surface area contributed by atoms with Crippen molar-refractivity contribution in [2.45, 2.75) is 10.4 Å². The fourth-order valence-electron chi connectivity index (χ4n) is 1.62. The van der Waals surface area contributed by atoms with Crippen LogP contribution in [0.2, 0.25) is 0 Å². The number of carbonyl (C=O) groups is 1. The van der Waals surface area contributed by atoms with E-state index in [0.717, 1.165) is 12.1 Å². The highest BCUT2D eigenvalue weighted by atomic mass is 35.5. The van der Waals surface area contributed by atoms with Crippen LogP contribution >= 0.6 is 23.4 Å². The standard InChI is InChI=1S/C11H9ClF3NOS/c12-10(9(17)16-5-6-18-10)7-1-3-8(4-2-7)11(13,14)15/h1-4H,5-6H2,(H,16,17). The summed E-state index contributed by atoms with van der Waals surface area (Å²) >= 11 is 7.40. The molecule has 1 fully saturated rings. The SMILES string of the molecule is O=C1NCCSC1(Cl)c1ccc(C(F)(F)F)cc1. The van der Waals surface area contributed by atoms with Gasteiger partial charge >= 0.3 is 6.18 Å². The Morgan fingerprint density at radius 2 is 1.89 bits per heavy atom. The van der Waals surface area contributed by atoms with Gasteiger partial charge in [-0.15, -0.1) is 11.8 Å². The van der Waals surface area contributed by atoms with Crippen LogP contribution in [0.4, 0.5) is 13.2 Å². The van der Waals surface area contributed by atoms with E-state index in [-0.39, 0.29) is 5.91 Å². The first-order chi connectivity index (χ1) is 8.34. The summed E-state index contributed by atoms with van der Waals surface area (Å²) in [5.74, 6) is 0.233. The predicted octanol–water partition coefficient (Wildman–Crippen LogP) is 2.96. The first-order valence-electron chi connectivity index (χ1n) is 5.13. The van der Waals surface area contributed by atoms with Crippen molar-refractivity contribution in [1.29, 1.82) is 0 Å². The lowest BCUT2D eigenvalue weighted by molar-refractivity contribution is -0.137. The van der Waals surface area contributed by atoms with Crippen molar-refractivity contribution >= 4 is 29.3 Å². The average Bonchev–Trinajstić information content (AvgIpc) is 2.32. The lowest BCUT2D eigenvalue weighted by atomic mass is 10.1. The highest BCUT2D eigenvalue weighted by molar-refractivity contribution is 8.02. The molecule has 2 nitrogen and oxygen atoms in total. The Kier molecular flexibility index (Phi) is 3.51. The Balaban J connectivity index is 2.31. The van der Waals surface area contributed by atoms with Gasteiger partial charge < -0.3 is 5.32 Å². The molecule has 0 spiro atoms. The molecule has 1 aromatic rings. The molecule has 1 heterocycles. The molecule has 1 aliphatic heterocycles. The average molecular weight is 296 g/mol. The summed E-state index contributed by atoms with van der Waals surface area (Å²) in [5.41, 5.74) is -0.396. The Morgan fingerprint density at radius 1 is 1.28 bits per heavy atom. The number of hydrogen-bond donors (Lipinski definition) is 1. The molecule has 0 aliphatic carbocycles. The van der Waals surface area contributed by atoms with Crippen molar-refractivity contribution < 1.29 is 18.0 Å². The van der Waals surface area contributed by atoms with Crippen LogP contribution in [0.25, 0.3) is 0 Å². The highest BCUT2D eigenvalue weighted by Gasteiger charge is 2.41. The van der Waals surface area contributed by atoms with Gasteiger partial charge in [-0.25, -0.2) is 0 Å². The molecule has 1 aromatic carbocycles. The van der Waals surface area contributed by atoms with Gasteiger partial charge in [0, 0.05) is 12.3 Å². The van der Waals surface area contributed by atoms with Gasteiger partial charge in [0.1, 0.15) is 0 Å². The summed E-state index contributed by atoms with van der Waals surface area (Å²) in [6, 6.07) is 4.35. The van der Waals surface area contributed by atoms with Gasteiger partial charge in [0.2, 0.25) is 0 Å². The number of hydrogen-bond acceptors (Lipinski definition) is 2. The molecule has 1 amide bonds. The molecule has 98 valence electrons. The fourth-order valence-corrected chi connectivity index (χ4v) is 3.04. The highest BCUT2D eigenvalue weighted by Crippen LogP contribution is 2.43. The maximum atomic E-state index is 12.4. The lowest BCUT2D eigenvalue weighted by Gasteiger charge is -2.30. The first kappa shape index (κ1) is 13.5. The van der Waals surface area contributed by atoms with Crippen LogP contribution in [-0.2, 0) is 15.2 Å². The van der Waals surface area contributed by atoms with E-state index in [0.29, 0.717) is 17.9 Å². The molecular weight excluding hydrogens is 287 g/mol. The van der Waals surface area contributed by atoms with Crippen LogP contribution in [-0.4, -0.2) is 18.2 Å². The number of halogens is 4. The minimum atomic E-state index is -4.39. The molecule has 0 aromatic heterocycles. The molecule has 18 heavy (non-hydrogen) atoms. The number of nitrogens with one attached hydrogen (secondary N) is 1. The maximum Gasteiger partial charge on any atom is 0.416 e. The number of amides is 1. The van der Waals surface area contributed by atoms with E-state index >= 15 is 0 Å². The van der Waals surface area contributed by atoms with Crippen molar-refractivity contribution in [2.24, 2.45) is 0 Å². The minimum Gasteiger partial charge on any atom is -0.353 e. The van der Waals surface area contributed by atoms with E-state index in [1.165, 1.54) is 23.9 Å². The van der Waals surface area contributed by atoms with E-state index in [9.17, 15) is 18.0 Å². The van der Waals surface area contributed by atoms with Crippen LogP contribution in [0.3, 0.4) is 0 Å². The summed E-state index contributed by atoms with van der Waals surface area (Å²) in [6.07, 6.45) is -4.39. The van der Waals surface area contributed by atoms with Gasteiger partial charge in [-0.1, -0.05) is 23.7 Å². The molecule has 0 radical (unpaired) electrons. The van der Waals surface area contributed by atoms with E-state index in [1.54, 1.807) is 0 Å². The third-order valence-electron chi connectivity index (χ3n) is 2.56. The predicted molar refractivity (Wildman–Crippen MR) is 64.4 cm³/mol. The normalized spacial score (nSPS) is 24.8. The zero-order chi connectivity index (χ0) is 13.4. The zero-order valence-electron chi connectivity index (χ0n) is 9.05. The molecule has 0 bridgehead atoms. The van der Waals surface area contributed by atoms with Crippen LogP contribution in [0.15, 0.2) is 24.3 Å². The summed E-state index contributed by atoms with van der Waals surface area (Å²) in [7, 11) is 0. The third-order valence-corrected chi connectivity index (χ3v) is 4.51. The minimum absolute atomic E-state index is 0.361. The monoisotopic (exact) mass is 295 g/mol. The van der Waals surface area contributed by atoms with Crippen molar-refractivity contribution in [3.05, 3.63) is 35.4 Å². The van der Waals surface area contributed by atoms with Crippen molar-refractivity contribution in [1.82, 2.24) is 5.32 Å². The number of carbonyl (C=O) groups excluding carboxylic acids is 1. The van der Waals surface area contributed by atoms with E-state index < -0.39 is 15.9 Å². The number of alkyl halides is 4. The van der Waals surface area contributed by atoms with Crippen molar-refractivity contribution in [2.75, 3.05) is 12.3 Å². The third kappa shape index (κ3) is 2.44. The zero-order valence-corrected chi connectivity index (χ0v) is 10.6. The van der Waals surface area contributed by atoms with E-state index in [1.807, 2.05) is 0 Å². The summed E-state index contributed by atoms with van der Waals surface area (Å²) in [6.45, 7) is 0.513. The largest absolute Gasteiger partial charge is 0.416 e. The summed E-state index contributed by atoms with van der Waals surface area (Å²) < 4.78 is 35.9. The molecule has 1 aliphatic rings. The van der Waals surface area contributed by atoms with Crippen LogP contribution in [0.5, 0.6) is 0 Å². The molecule has 2 rings (SSSR count). The van der Waals surface area contributed by atoms with Crippen molar-refractivity contribution in [3.8, 4) is 0 Å². The quantitative estimate of drug-likeness (QED) is 0.807. The van der Waals surface area contributed by atoms with Crippen LogP contribution < -0.4 is 5.32 Å². The van der Waals surface area contributed by atoms with Crippen LogP contribution in [0.1, 0.15) is 11.1 Å². The number of rotatable bonds is 1. The van der Waals surface area contributed by atoms with Crippen molar-refractivity contribution in [3.63, 3.8) is 0 Å².